The molecule has 0 saturated heterocycles. The van der Waals surface area contributed by atoms with Gasteiger partial charge in [0.1, 0.15) is 5.75 Å². The van der Waals surface area contributed by atoms with E-state index in [1.807, 2.05) is 0 Å². The third kappa shape index (κ3) is 4.60. The number of halogens is 1. The number of aliphatic hydroxyl groups is 1. The van der Waals surface area contributed by atoms with Crippen molar-refractivity contribution >= 4 is 18.3 Å². The Morgan fingerprint density at radius 3 is 2.68 bits per heavy atom. The van der Waals surface area contributed by atoms with Crippen molar-refractivity contribution < 1.29 is 14.6 Å². The van der Waals surface area contributed by atoms with Gasteiger partial charge in [-0.15, -0.1) is 12.4 Å². The Labute approximate surface area is 137 Å². The molecule has 1 aromatic rings. The molecule has 0 aromatic heterocycles. The summed E-state index contributed by atoms with van der Waals surface area (Å²) >= 11 is 0. The third-order valence-electron chi connectivity index (χ3n) is 4.27. The number of nitrogens with one attached hydrogen (secondary N) is 1. The first-order chi connectivity index (χ1) is 10.2. The molecular formula is C16H25ClN2O3. The van der Waals surface area contributed by atoms with E-state index >= 15 is 0 Å². The largest absolute Gasteiger partial charge is 0.497 e. The van der Waals surface area contributed by atoms with E-state index in [1.54, 1.807) is 31.4 Å². The maximum atomic E-state index is 12.2. The summed E-state index contributed by atoms with van der Waals surface area (Å²) in [7, 11) is 1.60. The van der Waals surface area contributed by atoms with Crippen molar-refractivity contribution in [2.24, 2.45) is 17.6 Å². The summed E-state index contributed by atoms with van der Waals surface area (Å²) < 4.78 is 5.08. The number of methoxy groups -OCH3 is 1. The average Bonchev–Trinajstić information content (AvgIpc) is 3.01. The SMILES string of the molecule is COc1ccc(C(O)CNC(=O)[C@@H]2CCC[C@@H]2CN)cc1.Cl. The first-order valence-electron chi connectivity index (χ1n) is 7.45. The summed E-state index contributed by atoms with van der Waals surface area (Å²) in [6.07, 6.45) is 2.26. The normalized spacial score (nSPS) is 21.8. The number of nitrogens with two attached hydrogens (primary N) is 1. The summed E-state index contributed by atoms with van der Waals surface area (Å²) in [5, 5.41) is 13.0. The van der Waals surface area contributed by atoms with Gasteiger partial charge < -0.3 is 20.9 Å². The smallest absolute Gasteiger partial charge is 0.223 e. The molecule has 5 nitrogen and oxygen atoms in total. The maximum Gasteiger partial charge on any atom is 0.223 e. The molecule has 4 N–H and O–H groups in total. The van der Waals surface area contributed by atoms with Crippen LogP contribution in [0.1, 0.15) is 30.9 Å². The highest BCUT2D eigenvalue weighted by atomic mass is 35.5. The third-order valence-corrected chi connectivity index (χ3v) is 4.27. The fourth-order valence-corrected chi connectivity index (χ4v) is 2.94. The van der Waals surface area contributed by atoms with E-state index in [2.05, 4.69) is 5.32 Å². The predicted molar refractivity (Wildman–Crippen MR) is 88.1 cm³/mol. The Kier molecular flexibility index (Phi) is 7.65. The zero-order valence-electron chi connectivity index (χ0n) is 12.8. The fourth-order valence-electron chi connectivity index (χ4n) is 2.94. The van der Waals surface area contributed by atoms with Crippen molar-refractivity contribution in [3.05, 3.63) is 29.8 Å². The molecule has 1 aromatic carbocycles. The lowest BCUT2D eigenvalue weighted by Crippen LogP contribution is -2.37. The summed E-state index contributed by atoms with van der Waals surface area (Å²) in [4.78, 5) is 12.2. The molecule has 1 amide bonds. The lowest BCUT2D eigenvalue weighted by Gasteiger charge is -2.19. The highest BCUT2D eigenvalue weighted by molar-refractivity contribution is 5.85. The minimum atomic E-state index is -0.711. The highest BCUT2D eigenvalue weighted by Gasteiger charge is 2.31. The van der Waals surface area contributed by atoms with Gasteiger partial charge in [0.25, 0.3) is 0 Å². The second-order valence-electron chi connectivity index (χ2n) is 5.57. The molecule has 1 fully saturated rings. The Morgan fingerprint density at radius 1 is 1.41 bits per heavy atom. The van der Waals surface area contributed by atoms with E-state index in [9.17, 15) is 9.90 Å². The van der Waals surface area contributed by atoms with Crippen molar-refractivity contribution in [2.75, 3.05) is 20.2 Å². The minimum Gasteiger partial charge on any atom is -0.497 e. The first kappa shape index (κ1) is 18.7. The van der Waals surface area contributed by atoms with Gasteiger partial charge in [0.2, 0.25) is 5.91 Å². The predicted octanol–water partition coefficient (Wildman–Crippen LogP) is 1.64. The van der Waals surface area contributed by atoms with E-state index in [4.69, 9.17) is 10.5 Å². The molecule has 1 saturated carbocycles. The van der Waals surface area contributed by atoms with Gasteiger partial charge in [-0.05, 0) is 43.0 Å². The molecule has 0 heterocycles. The number of ether oxygens (including phenoxy) is 1. The zero-order chi connectivity index (χ0) is 15.2. The molecule has 3 atom stereocenters. The van der Waals surface area contributed by atoms with Gasteiger partial charge >= 0.3 is 0 Å². The molecule has 124 valence electrons. The van der Waals surface area contributed by atoms with Gasteiger partial charge in [0, 0.05) is 12.5 Å². The lowest BCUT2D eigenvalue weighted by atomic mass is 9.95. The van der Waals surface area contributed by atoms with E-state index < -0.39 is 6.10 Å². The molecule has 0 aliphatic heterocycles. The number of rotatable bonds is 6. The molecule has 22 heavy (non-hydrogen) atoms. The number of hydrogen-bond acceptors (Lipinski definition) is 4. The highest BCUT2D eigenvalue weighted by Crippen LogP contribution is 2.31. The van der Waals surface area contributed by atoms with Crippen LogP contribution in [0.15, 0.2) is 24.3 Å². The molecule has 0 radical (unpaired) electrons. The monoisotopic (exact) mass is 328 g/mol. The van der Waals surface area contributed by atoms with Crippen LogP contribution in [0.25, 0.3) is 0 Å². The fraction of sp³-hybridized carbons (Fsp3) is 0.562. The summed E-state index contributed by atoms with van der Waals surface area (Å²) in [5.41, 5.74) is 6.46. The van der Waals surface area contributed by atoms with Crippen molar-refractivity contribution in [2.45, 2.75) is 25.4 Å². The Morgan fingerprint density at radius 2 is 2.09 bits per heavy atom. The van der Waals surface area contributed by atoms with Crippen molar-refractivity contribution in [3.8, 4) is 5.75 Å². The van der Waals surface area contributed by atoms with E-state index in [0.717, 1.165) is 30.6 Å². The topological polar surface area (TPSA) is 84.6 Å². The molecular weight excluding hydrogens is 304 g/mol. The second-order valence-corrected chi connectivity index (χ2v) is 5.57. The zero-order valence-corrected chi connectivity index (χ0v) is 13.6. The molecule has 1 unspecified atom stereocenters. The van der Waals surface area contributed by atoms with Crippen LogP contribution >= 0.6 is 12.4 Å². The first-order valence-corrected chi connectivity index (χ1v) is 7.45. The average molecular weight is 329 g/mol. The van der Waals surface area contributed by atoms with Crippen LogP contribution in [0.4, 0.5) is 0 Å². The Hall–Kier alpha value is -1.30. The summed E-state index contributed by atoms with van der Waals surface area (Å²) in [5.74, 6) is 1.03. The van der Waals surface area contributed by atoms with Crippen LogP contribution in [-0.4, -0.2) is 31.2 Å². The lowest BCUT2D eigenvalue weighted by molar-refractivity contribution is -0.126. The number of hydrogen-bond donors (Lipinski definition) is 3. The standard InChI is InChI=1S/C16H24N2O3.ClH/c1-21-13-7-5-11(6-8-13)15(19)10-18-16(20)14-4-2-3-12(14)9-17;/h5-8,12,14-15,19H,2-4,9-10,17H2,1H3,(H,18,20);1H/t12-,14-,15?;/m1./s1. The van der Waals surface area contributed by atoms with Crippen molar-refractivity contribution in [1.82, 2.24) is 5.32 Å². The van der Waals surface area contributed by atoms with Crippen LogP contribution in [0.3, 0.4) is 0 Å². The molecule has 6 heteroatoms. The maximum absolute atomic E-state index is 12.2. The van der Waals surface area contributed by atoms with Crippen LogP contribution in [0.2, 0.25) is 0 Å². The number of amides is 1. The summed E-state index contributed by atoms with van der Waals surface area (Å²) in [6, 6.07) is 7.19. The van der Waals surface area contributed by atoms with Gasteiger partial charge in [-0.2, -0.15) is 0 Å². The van der Waals surface area contributed by atoms with Gasteiger partial charge in [0.05, 0.1) is 13.2 Å². The van der Waals surface area contributed by atoms with Gasteiger partial charge in [-0.3, -0.25) is 4.79 Å². The number of carbonyl (C=O) groups excluding carboxylic acids is 1. The minimum absolute atomic E-state index is 0. The van der Waals surface area contributed by atoms with Gasteiger partial charge in [0.15, 0.2) is 0 Å². The Balaban J connectivity index is 0.00000242. The van der Waals surface area contributed by atoms with Crippen molar-refractivity contribution in [3.63, 3.8) is 0 Å². The Bertz CT molecular complexity index is 467. The van der Waals surface area contributed by atoms with Gasteiger partial charge in [-0.1, -0.05) is 18.6 Å². The van der Waals surface area contributed by atoms with E-state index in [1.165, 1.54) is 0 Å². The van der Waals surface area contributed by atoms with Crippen LogP contribution < -0.4 is 15.8 Å². The van der Waals surface area contributed by atoms with Crippen LogP contribution in [0, 0.1) is 11.8 Å². The van der Waals surface area contributed by atoms with E-state index in [-0.39, 0.29) is 36.7 Å². The van der Waals surface area contributed by atoms with Crippen LogP contribution in [0.5, 0.6) is 5.75 Å². The van der Waals surface area contributed by atoms with Crippen molar-refractivity contribution in [1.29, 1.82) is 0 Å². The molecule has 1 aliphatic rings. The molecule has 2 rings (SSSR count). The molecule has 1 aliphatic carbocycles. The van der Waals surface area contributed by atoms with Crippen LogP contribution in [-0.2, 0) is 4.79 Å². The van der Waals surface area contributed by atoms with E-state index in [0.29, 0.717) is 6.54 Å². The number of aliphatic hydroxyl groups excluding tert-OH is 1. The number of carbonyl (C=O) groups is 1. The van der Waals surface area contributed by atoms with Gasteiger partial charge in [-0.25, -0.2) is 0 Å². The molecule has 0 bridgehead atoms. The number of benzene rings is 1. The molecule has 0 spiro atoms. The second kappa shape index (κ2) is 8.98. The quantitative estimate of drug-likeness (QED) is 0.741. The summed E-state index contributed by atoms with van der Waals surface area (Å²) in [6.45, 7) is 0.776.